The summed E-state index contributed by atoms with van der Waals surface area (Å²) in [6.07, 6.45) is 2.75. The quantitative estimate of drug-likeness (QED) is 0.786. The smallest absolute Gasteiger partial charge is 0.246 e. The predicted octanol–water partition coefficient (Wildman–Crippen LogP) is 1.90. The molecule has 1 saturated carbocycles. The Morgan fingerprint density at radius 2 is 2.12 bits per heavy atom. The highest BCUT2D eigenvalue weighted by molar-refractivity contribution is 5.87. The monoisotopic (exact) mass is 231 g/mol. The van der Waals surface area contributed by atoms with E-state index in [0.29, 0.717) is 12.6 Å². The van der Waals surface area contributed by atoms with Crippen molar-refractivity contribution in [1.82, 2.24) is 4.90 Å². The second-order valence-electron chi connectivity index (χ2n) is 4.35. The highest BCUT2D eigenvalue weighted by Crippen LogP contribution is 2.29. The van der Waals surface area contributed by atoms with E-state index < -0.39 is 6.10 Å². The van der Waals surface area contributed by atoms with Gasteiger partial charge in [-0.25, -0.2) is 0 Å². The van der Waals surface area contributed by atoms with Crippen molar-refractivity contribution in [2.75, 3.05) is 6.54 Å². The van der Waals surface area contributed by atoms with Crippen molar-refractivity contribution in [2.45, 2.75) is 25.0 Å². The van der Waals surface area contributed by atoms with Gasteiger partial charge in [0.1, 0.15) is 0 Å². The molecule has 1 aliphatic rings. The molecule has 1 atom stereocenters. The fourth-order valence-corrected chi connectivity index (χ4v) is 1.89. The summed E-state index contributed by atoms with van der Waals surface area (Å²) in [5.41, 5.74) is 0.843. The lowest BCUT2D eigenvalue weighted by Crippen LogP contribution is -2.35. The van der Waals surface area contributed by atoms with Crippen LogP contribution < -0.4 is 0 Å². The SMILES string of the molecule is C=CC(=O)N(CC(O)c1ccccc1)C1CC1. The average molecular weight is 231 g/mol. The summed E-state index contributed by atoms with van der Waals surface area (Å²) >= 11 is 0. The first kappa shape index (κ1) is 11.9. The first-order valence-corrected chi connectivity index (χ1v) is 5.88. The maximum atomic E-state index is 11.7. The van der Waals surface area contributed by atoms with Crippen LogP contribution in [0.4, 0.5) is 0 Å². The Hall–Kier alpha value is -1.61. The van der Waals surface area contributed by atoms with Crippen molar-refractivity contribution in [3.05, 3.63) is 48.6 Å². The third kappa shape index (κ3) is 2.94. The van der Waals surface area contributed by atoms with Crippen LogP contribution in [0.25, 0.3) is 0 Å². The molecule has 1 aromatic rings. The van der Waals surface area contributed by atoms with Gasteiger partial charge in [0.15, 0.2) is 0 Å². The third-order valence-electron chi connectivity index (χ3n) is 3.00. The summed E-state index contributed by atoms with van der Waals surface area (Å²) in [6, 6.07) is 9.70. The lowest BCUT2D eigenvalue weighted by Gasteiger charge is -2.24. The van der Waals surface area contributed by atoms with Gasteiger partial charge < -0.3 is 10.0 Å². The predicted molar refractivity (Wildman–Crippen MR) is 66.3 cm³/mol. The van der Waals surface area contributed by atoms with Crippen LogP contribution in [0.3, 0.4) is 0 Å². The number of benzene rings is 1. The normalized spacial score (nSPS) is 16.3. The molecule has 0 saturated heterocycles. The molecule has 1 aromatic carbocycles. The molecule has 17 heavy (non-hydrogen) atoms. The van der Waals surface area contributed by atoms with Crippen LogP contribution in [-0.2, 0) is 4.79 Å². The average Bonchev–Trinajstić information content (AvgIpc) is 3.20. The molecular weight excluding hydrogens is 214 g/mol. The molecule has 2 rings (SSSR count). The van der Waals surface area contributed by atoms with E-state index in [1.807, 2.05) is 30.3 Å². The van der Waals surface area contributed by atoms with Crippen LogP contribution in [-0.4, -0.2) is 28.5 Å². The Bertz CT molecular complexity index is 398. The molecule has 0 aliphatic heterocycles. The van der Waals surface area contributed by atoms with Crippen LogP contribution >= 0.6 is 0 Å². The van der Waals surface area contributed by atoms with Crippen LogP contribution in [0.15, 0.2) is 43.0 Å². The van der Waals surface area contributed by atoms with Crippen molar-refractivity contribution in [3.63, 3.8) is 0 Å². The lowest BCUT2D eigenvalue weighted by atomic mass is 10.1. The molecule has 90 valence electrons. The molecule has 1 aliphatic carbocycles. The van der Waals surface area contributed by atoms with E-state index in [9.17, 15) is 9.90 Å². The highest BCUT2D eigenvalue weighted by Gasteiger charge is 2.32. The number of aliphatic hydroxyl groups excluding tert-OH is 1. The number of rotatable bonds is 5. The zero-order valence-electron chi connectivity index (χ0n) is 9.75. The molecule has 1 fully saturated rings. The molecule has 0 aromatic heterocycles. The summed E-state index contributed by atoms with van der Waals surface area (Å²) in [5, 5.41) is 10.1. The Kier molecular flexibility index (Phi) is 3.59. The molecule has 3 nitrogen and oxygen atoms in total. The second-order valence-corrected chi connectivity index (χ2v) is 4.35. The van der Waals surface area contributed by atoms with E-state index in [1.165, 1.54) is 6.08 Å². The topological polar surface area (TPSA) is 40.5 Å². The molecule has 0 heterocycles. The number of carbonyl (C=O) groups is 1. The molecule has 1 N–H and O–H groups in total. The summed E-state index contributed by atoms with van der Waals surface area (Å²) in [5.74, 6) is -0.0949. The summed E-state index contributed by atoms with van der Waals surface area (Å²) in [7, 11) is 0. The van der Waals surface area contributed by atoms with E-state index in [-0.39, 0.29) is 5.91 Å². The van der Waals surface area contributed by atoms with Crippen LogP contribution in [0.2, 0.25) is 0 Å². The number of amides is 1. The minimum Gasteiger partial charge on any atom is -0.387 e. The van der Waals surface area contributed by atoms with E-state index in [1.54, 1.807) is 4.90 Å². The van der Waals surface area contributed by atoms with E-state index >= 15 is 0 Å². The maximum absolute atomic E-state index is 11.7. The van der Waals surface area contributed by atoms with E-state index in [4.69, 9.17) is 0 Å². The largest absolute Gasteiger partial charge is 0.387 e. The molecule has 3 heteroatoms. The third-order valence-corrected chi connectivity index (χ3v) is 3.00. The summed E-state index contributed by atoms with van der Waals surface area (Å²) in [4.78, 5) is 13.4. The fraction of sp³-hybridized carbons (Fsp3) is 0.357. The van der Waals surface area contributed by atoms with Crippen molar-refractivity contribution in [2.24, 2.45) is 0 Å². The summed E-state index contributed by atoms with van der Waals surface area (Å²) < 4.78 is 0. The molecule has 1 amide bonds. The Morgan fingerprint density at radius 1 is 1.47 bits per heavy atom. The van der Waals surface area contributed by atoms with Crippen molar-refractivity contribution in [1.29, 1.82) is 0 Å². The fourth-order valence-electron chi connectivity index (χ4n) is 1.89. The van der Waals surface area contributed by atoms with Crippen molar-refractivity contribution >= 4 is 5.91 Å². The van der Waals surface area contributed by atoms with Gasteiger partial charge in [-0.3, -0.25) is 4.79 Å². The van der Waals surface area contributed by atoms with Gasteiger partial charge in [-0.1, -0.05) is 36.9 Å². The maximum Gasteiger partial charge on any atom is 0.246 e. The minimum absolute atomic E-state index is 0.0949. The first-order chi connectivity index (χ1) is 8.22. The second kappa shape index (κ2) is 5.15. The zero-order valence-corrected chi connectivity index (χ0v) is 9.75. The van der Waals surface area contributed by atoms with Gasteiger partial charge in [-0.05, 0) is 24.5 Å². The lowest BCUT2D eigenvalue weighted by molar-refractivity contribution is -0.128. The van der Waals surface area contributed by atoms with Gasteiger partial charge in [0.05, 0.1) is 12.6 Å². The standard InChI is InChI=1S/C14H17NO2/c1-2-14(17)15(12-8-9-12)10-13(16)11-6-4-3-5-7-11/h2-7,12-13,16H,1,8-10H2. The van der Waals surface area contributed by atoms with Crippen molar-refractivity contribution < 1.29 is 9.90 Å². The number of nitrogens with zero attached hydrogens (tertiary/aromatic N) is 1. The van der Waals surface area contributed by atoms with Gasteiger partial charge in [0, 0.05) is 6.04 Å². The molecule has 0 radical (unpaired) electrons. The van der Waals surface area contributed by atoms with Gasteiger partial charge in [0.25, 0.3) is 0 Å². The summed E-state index contributed by atoms with van der Waals surface area (Å²) in [6.45, 7) is 3.85. The Balaban J connectivity index is 2.03. The number of carbonyl (C=O) groups excluding carboxylic acids is 1. The van der Waals surface area contributed by atoms with Crippen LogP contribution in [0.1, 0.15) is 24.5 Å². The highest BCUT2D eigenvalue weighted by atomic mass is 16.3. The van der Waals surface area contributed by atoms with Crippen LogP contribution in [0, 0.1) is 0 Å². The van der Waals surface area contributed by atoms with E-state index in [0.717, 1.165) is 18.4 Å². The minimum atomic E-state index is -0.624. The molecular formula is C14H17NO2. The number of hydrogen-bond acceptors (Lipinski definition) is 2. The van der Waals surface area contributed by atoms with Crippen molar-refractivity contribution in [3.8, 4) is 0 Å². The first-order valence-electron chi connectivity index (χ1n) is 5.88. The van der Waals surface area contributed by atoms with Gasteiger partial charge in [-0.2, -0.15) is 0 Å². The van der Waals surface area contributed by atoms with Crippen LogP contribution in [0.5, 0.6) is 0 Å². The van der Waals surface area contributed by atoms with Gasteiger partial charge >= 0.3 is 0 Å². The van der Waals surface area contributed by atoms with E-state index in [2.05, 4.69) is 6.58 Å². The molecule has 0 bridgehead atoms. The van der Waals surface area contributed by atoms with Gasteiger partial charge in [-0.15, -0.1) is 0 Å². The molecule has 0 spiro atoms. The van der Waals surface area contributed by atoms with Gasteiger partial charge in [0.2, 0.25) is 5.91 Å². The number of aliphatic hydroxyl groups is 1. The Morgan fingerprint density at radius 3 is 2.65 bits per heavy atom. The molecule has 1 unspecified atom stereocenters. The Labute approximate surface area is 101 Å². The zero-order chi connectivity index (χ0) is 12.3. The number of hydrogen-bond donors (Lipinski definition) is 1.